The molecule has 1 N–H and O–H groups in total. The van der Waals surface area contributed by atoms with E-state index in [4.69, 9.17) is 23.2 Å². The van der Waals surface area contributed by atoms with Gasteiger partial charge in [-0.2, -0.15) is 0 Å². The molecule has 3 rings (SSSR count). The van der Waals surface area contributed by atoms with E-state index >= 15 is 0 Å². The Balaban J connectivity index is 2.63. The first-order valence-electron chi connectivity index (χ1n) is 4.93. The van der Waals surface area contributed by atoms with Crippen molar-refractivity contribution < 1.29 is 0 Å². The molecule has 0 bridgehead atoms. The third kappa shape index (κ3) is 1.52. The molecule has 0 saturated carbocycles. The fourth-order valence-electron chi connectivity index (χ4n) is 1.84. The van der Waals surface area contributed by atoms with E-state index in [1.165, 1.54) is 4.52 Å². The number of H-pyrrole nitrogens is 1. The highest BCUT2D eigenvalue weighted by Gasteiger charge is 2.11. The summed E-state index contributed by atoms with van der Waals surface area (Å²) in [5.74, 6) is 0. The first kappa shape index (κ1) is 10.6. The van der Waals surface area contributed by atoms with E-state index in [0.717, 1.165) is 5.69 Å². The van der Waals surface area contributed by atoms with Gasteiger partial charge in [0, 0.05) is 16.8 Å². The summed E-state index contributed by atoms with van der Waals surface area (Å²) in [4.78, 5) is 16.5. The number of benzene rings is 1. The van der Waals surface area contributed by atoms with Gasteiger partial charge in [-0.15, -0.1) is 0 Å². The summed E-state index contributed by atoms with van der Waals surface area (Å²) in [6.07, 6.45) is 0. The Kier molecular flexibility index (Phi) is 2.18. The number of aryl methyl sites for hydroxylation is 1. The van der Waals surface area contributed by atoms with E-state index in [1.54, 1.807) is 18.2 Å². The maximum Gasteiger partial charge on any atom is 0.280 e. The second-order valence-corrected chi connectivity index (χ2v) is 4.68. The van der Waals surface area contributed by atoms with Gasteiger partial charge >= 0.3 is 0 Å². The average Bonchev–Trinajstić information content (AvgIpc) is 2.62. The lowest BCUT2D eigenvalue weighted by molar-refractivity contribution is 0.895. The number of halogens is 2. The minimum Gasteiger partial charge on any atom is -0.294 e. The fourth-order valence-corrected chi connectivity index (χ4v) is 2.37. The lowest BCUT2D eigenvalue weighted by Crippen LogP contribution is -2.15. The van der Waals surface area contributed by atoms with Crippen LogP contribution in [0.15, 0.2) is 23.0 Å². The van der Waals surface area contributed by atoms with Crippen molar-refractivity contribution in [3.8, 4) is 0 Å². The van der Waals surface area contributed by atoms with E-state index in [2.05, 4.69) is 10.1 Å². The van der Waals surface area contributed by atoms with Crippen molar-refractivity contribution in [3.63, 3.8) is 0 Å². The number of hydrogen-bond acceptors (Lipinski definition) is 2. The van der Waals surface area contributed by atoms with Gasteiger partial charge in [0.15, 0.2) is 5.65 Å². The van der Waals surface area contributed by atoms with Gasteiger partial charge in [-0.1, -0.05) is 23.2 Å². The molecule has 0 aliphatic carbocycles. The standard InChI is InChI=1S/C11H7Cl2N3O/c1-5-2-9-14-10-7(11(17)16(9)15-5)3-6(12)4-8(10)13/h2-4,15H,1H3. The van der Waals surface area contributed by atoms with Crippen molar-refractivity contribution in [2.75, 3.05) is 0 Å². The predicted molar refractivity (Wildman–Crippen MR) is 68.1 cm³/mol. The van der Waals surface area contributed by atoms with Crippen LogP contribution in [0.4, 0.5) is 0 Å². The van der Waals surface area contributed by atoms with Crippen LogP contribution in [0, 0.1) is 6.92 Å². The molecule has 6 heteroatoms. The Hall–Kier alpha value is -1.52. The molecule has 0 fully saturated rings. The molecule has 0 radical (unpaired) electrons. The normalized spacial score (nSPS) is 11.5. The van der Waals surface area contributed by atoms with Crippen LogP contribution in [0.3, 0.4) is 0 Å². The lowest BCUT2D eigenvalue weighted by Gasteiger charge is -2.01. The number of nitrogens with one attached hydrogen (secondary N) is 1. The molecule has 0 saturated heterocycles. The molecule has 2 aromatic heterocycles. The molecule has 17 heavy (non-hydrogen) atoms. The van der Waals surface area contributed by atoms with Gasteiger partial charge in [-0.3, -0.25) is 9.89 Å². The van der Waals surface area contributed by atoms with Crippen LogP contribution in [0.1, 0.15) is 5.69 Å². The van der Waals surface area contributed by atoms with E-state index in [1.807, 2.05) is 6.92 Å². The van der Waals surface area contributed by atoms with Crippen LogP contribution >= 0.6 is 23.2 Å². The second kappa shape index (κ2) is 3.48. The summed E-state index contributed by atoms with van der Waals surface area (Å²) in [7, 11) is 0. The van der Waals surface area contributed by atoms with E-state index in [0.29, 0.717) is 26.6 Å². The Labute approximate surface area is 106 Å². The molecule has 2 heterocycles. The van der Waals surface area contributed by atoms with Gasteiger partial charge < -0.3 is 0 Å². The Bertz CT molecular complexity index is 804. The molecular formula is C11H7Cl2N3O. The minimum atomic E-state index is -0.206. The third-order valence-electron chi connectivity index (χ3n) is 2.55. The molecule has 0 atom stereocenters. The first-order chi connectivity index (χ1) is 8.06. The number of fused-ring (bicyclic) bond motifs is 2. The molecule has 0 amide bonds. The first-order valence-corrected chi connectivity index (χ1v) is 5.69. The van der Waals surface area contributed by atoms with Gasteiger partial charge in [-0.05, 0) is 19.1 Å². The van der Waals surface area contributed by atoms with Crippen molar-refractivity contribution in [2.24, 2.45) is 0 Å². The zero-order valence-electron chi connectivity index (χ0n) is 8.79. The second-order valence-electron chi connectivity index (χ2n) is 3.83. The van der Waals surface area contributed by atoms with Gasteiger partial charge in [0.05, 0.1) is 15.9 Å². The summed E-state index contributed by atoms with van der Waals surface area (Å²) in [5, 5.41) is 4.12. The van der Waals surface area contributed by atoms with Crippen LogP contribution in [-0.2, 0) is 0 Å². The molecule has 1 aromatic carbocycles. The van der Waals surface area contributed by atoms with E-state index in [9.17, 15) is 4.79 Å². The molecule has 4 nitrogen and oxygen atoms in total. The van der Waals surface area contributed by atoms with E-state index in [-0.39, 0.29) is 5.56 Å². The van der Waals surface area contributed by atoms with Crippen molar-refractivity contribution in [1.82, 2.24) is 14.6 Å². The van der Waals surface area contributed by atoms with Crippen LogP contribution in [0.5, 0.6) is 0 Å². The minimum absolute atomic E-state index is 0.206. The Morgan fingerprint density at radius 3 is 2.82 bits per heavy atom. The SMILES string of the molecule is Cc1cc2nc3c(Cl)cc(Cl)cc3c(=O)n2[nH]1. The van der Waals surface area contributed by atoms with Crippen LogP contribution < -0.4 is 5.56 Å². The fraction of sp³-hybridized carbons (Fsp3) is 0.0909. The predicted octanol–water partition coefficient (Wildman–Crippen LogP) is 2.79. The average molecular weight is 268 g/mol. The molecule has 0 aliphatic rings. The summed E-state index contributed by atoms with van der Waals surface area (Å²) in [6, 6.07) is 4.93. The highest BCUT2D eigenvalue weighted by molar-refractivity contribution is 6.38. The van der Waals surface area contributed by atoms with Crippen LogP contribution in [-0.4, -0.2) is 14.6 Å². The van der Waals surface area contributed by atoms with Crippen LogP contribution in [0.25, 0.3) is 16.6 Å². The molecule has 3 aromatic rings. The maximum atomic E-state index is 12.2. The number of aromatic amines is 1. The van der Waals surface area contributed by atoms with Gasteiger partial charge in [0.2, 0.25) is 0 Å². The summed E-state index contributed by atoms with van der Waals surface area (Å²) in [6.45, 7) is 1.85. The topological polar surface area (TPSA) is 50.2 Å². The maximum absolute atomic E-state index is 12.2. The van der Waals surface area contributed by atoms with Gasteiger partial charge in [0.25, 0.3) is 5.56 Å². The van der Waals surface area contributed by atoms with Crippen LogP contribution in [0.2, 0.25) is 10.0 Å². The highest BCUT2D eigenvalue weighted by Crippen LogP contribution is 2.24. The zero-order valence-corrected chi connectivity index (χ0v) is 10.3. The molecular weight excluding hydrogens is 261 g/mol. The Morgan fingerprint density at radius 2 is 2.06 bits per heavy atom. The number of rotatable bonds is 0. The smallest absolute Gasteiger partial charge is 0.280 e. The molecule has 0 spiro atoms. The molecule has 0 aliphatic heterocycles. The Morgan fingerprint density at radius 1 is 1.29 bits per heavy atom. The quantitative estimate of drug-likeness (QED) is 0.681. The monoisotopic (exact) mass is 267 g/mol. The number of nitrogens with zero attached hydrogens (tertiary/aromatic N) is 2. The zero-order chi connectivity index (χ0) is 12.2. The van der Waals surface area contributed by atoms with Crippen molar-refractivity contribution in [3.05, 3.63) is 44.3 Å². The van der Waals surface area contributed by atoms with Crippen molar-refractivity contribution in [2.45, 2.75) is 6.92 Å². The lowest BCUT2D eigenvalue weighted by atomic mass is 10.2. The number of hydrogen-bond donors (Lipinski definition) is 1. The molecule has 0 unspecified atom stereocenters. The highest BCUT2D eigenvalue weighted by atomic mass is 35.5. The summed E-state index contributed by atoms with van der Waals surface area (Å²) < 4.78 is 1.38. The largest absolute Gasteiger partial charge is 0.294 e. The van der Waals surface area contributed by atoms with Crippen molar-refractivity contribution in [1.29, 1.82) is 0 Å². The van der Waals surface area contributed by atoms with Crippen molar-refractivity contribution >= 4 is 39.8 Å². The van der Waals surface area contributed by atoms with Gasteiger partial charge in [-0.25, -0.2) is 9.50 Å². The third-order valence-corrected chi connectivity index (χ3v) is 3.06. The summed E-state index contributed by atoms with van der Waals surface area (Å²) in [5.41, 5.74) is 1.67. The number of aromatic nitrogens is 3. The van der Waals surface area contributed by atoms with E-state index < -0.39 is 0 Å². The van der Waals surface area contributed by atoms with Gasteiger partial charge in [0.1, 0.15) is 0 Å². The molecule has 86 valence electrons. The summed E-state index contributed by atoms with van der Waals surface area (Å²) >= 11 is 11.9.